The molecule has 1 aliphatic heterocycles. The van der Waals surface area contributed by atoms with Crippen LogP contribution in [0.4, 0.5) is 4.79 Å². The normalized spacial score (nSPS) is 13.1. The number of fused-ring (bicyclic) bond motifs is 1. The molecule has 2 aromatic heterocycles. The van der Waals surface area contributed by atoms with E-state index in [0.717, 1.165) is 11.0 Å². The summed E-state index contributed by atoms with van der Waals surface area (Å²) < 4.78 is 1.14. The van der Waals surface area contributed by atoms with E-state index in [2.05, 4.69) is 22.4 Å². The molecule has 0 aliphatic carbocycles. The number of amides is 2. The number of rotatable bonds is 3. The van der Waals surface area contributed by atoms with E-state index in [1.807, 2.05) is 23.7 Å². The largest absolute Gasteiger partial charge is 0.337 e. The molecule has 2 aromatic rings. The summed E-state index contributed by atoms with van der Waals surface area (Å²) >= 11 is 1.65. The minimum absolute atomic E-state index is 0.0469. The van der Waals surface area contributed by atoms with Crippen molar-refractivity contribution in [1.82, 2.24) is 15.2 Å². The van der Waals surface area contributed by atoms with Gasteiger partial charge in [-0.3, -0.25) is 9.88 Å². The molecule has 0 fully saturated rings. The van der Waals surface area contributed by atoms with Crippen molar-refractivity contribution in [1.29, 1.82) is 0 Å². The molecule has 0 aromatic carbocycles. The zero-order valence-electron chi connectivity index (χ0n) is 11.0. The first-order chi connectivity index (χ1) is 9.83. The van der Waals surface area contributed by atoms with Crippen molar-refractivity contribution in [2.24, 2.45) is 0 Å². The Balaban J connectivity index is 1.56. The number of nitrogens with one attached hydrogen (secondary N) is 1. The summed E-state index contributed by atoms with van der Waals surface area (Å²) in [6.45, 7) is 1.26. The Morgan fingerprint density at radius 1 is 1.35 bits per heavy atom. The van der Waals surface area contributed by atoms with E-state index in [0.29, 0.717) is 13.1 Å². The van der Waals surface area contributed by atoms with E-state index in [1.54, 1.807) is 28.6 Å². The second-order valence-corrected chi connectivity index (χ2v) is 5.51. The maximum atomic E-state index is 12.1. The van der Waals surface area contributed by atoms with Gasteiger partial charge in [-0.25, -0.2) is 4.79 Å². The van der Waals surface area contributed by atoms with Gasteiger partial charge in [-0.15, -0.1) is 11.3 Å². The number of thiophene rings is 1. The van der Waals surface area contributed by atoms with Crippen molar-refractivity contribution in [2.75, 3.05) is 13.1 Å². The smallest absolute Gasteiger partial charge is 0.321 e. The third-order valence-electron chi connectivity index (χ3n) is 3.21. The van der Waals surface area contributed by atoms with E-state index in [9.17, 15) is 4.79 Å². The van der Waals surface area contributed by atoms with E-state index >= 15 is 0 Å². The lowest BCUT2D eigenvalue weighted by Crippen LogP contribution is -2.42. The van der Waals surface area contributed by atoms with Crippen LogP contribution in [-0.4, -0.2) is 29.0 Å². The second-order valence-electron chi connectivity index (χ2n) is 4.56. The molecule has 1 aliphatic rings. The third kappa shape index (κ3) is 2.88. The quantitative estimate of drug-likeness (QED) is 0.912. The Hall–Kier alpha value is -2.14. The fraction of sp³-hybridized carbons (Fsp3) is 0.200. The Morgan fingerprint density at radius 3 is 3.05 bits per heavy atom. The van der Waals surface area contributed by atoms with Crippen LogP contribution >= 0.6 is 11.3 Å². The van der Waals surface area contributed by atoms with Crippen LogP contribution in [0, 0.1) is 0 Å². The van der Waals surface area contributed by atoms with Crippen molar-refractivity contribution >= 4 is 29.6 Å². The topological polar surface area (TPSA) is 45.2 Å². The highest BCUT2D eigenvalue weighted by atomic mass is 32.1. The van der Waals surface area contributed by atoms with Gasteiger partial charge in [0.2, 0.25) is 0 Å². The fourth-order valence-electron chi connectivity index (χ4n) is 2.10. The van der Waals surface area contributed by atoms with Crippen molar-refractivity contribution in [3.63, 3.8) is 0 Å². The number of nitrogens with zero attached hydrogens (tertiary/aromatic N) is 2. The summed E-state index contributed by atoms with van der Waals surface area (Å²) in [5.41, 5.74) is 1.18. The minimum atomic E-state index is -0.0469. The first-order valence-corrected chi connectivity index (χ1v) is 7.40. The van der Waals surface area contributed by atoms with Crippen molar-refractivity contribution in [3.8, 4) is 0 Å². The number of aromatic nitrogens is 1. The van der Waals surface area contributed by atoms with Crippen LogP contribution in [0.25, 0.3) is 12.3 Å². The number of carbonyl (C=O) groups excluding carboxylic acids is 1. The van der Waals surface area contributed by atoms with Gasteiger partial charge in [0.1, 0.15) is 0 Å². The lowest BCUT2D eigenvalue weighted by Gasteiger charge is -2.18. The number of hydrogen-bond donors (Lipinski definition) is 1. The van der Waals surface area contributed by atoms with Gasteiger partial charge in [0.25, 0.3) is 0 Å². The SMILES string of the molecule is O=C(NCCc1ccncc1)N1C=c2sccc2=CC1. The Bertz CT molecular complexity index is 708. The van der Waals surface area contributed by atoms with Crippen LogP contribution in [0.5, 0.6) is 0 Å². The van der Waals surface area contributed by atoms with Gasteiger partial charge in [0.05, 0.1) is 4.53 Å². The molecule has 0 atom stereocenters. The Kier molecular flexibility index (Phi) is 3.78. The highest BCUT2D eigenvalue weighted by Crippen LogP contribution is 1.99. The average molecular weight is 285 g/mol. The molecule has 0 radical (unpaired) electrons. The average Bonchev–Trinajstić information content (AvgIpc) is 2.95. The van der Waals surface area contributed by atoms with Crippen LogP contribution in [-0.2, 0) is 6.42 Å². The first kappa shape index (κ1) is 12.9. The standard InChI is InChI=1S/C15H15N3OS/c19-15(17-8-3-12-1-6-16-7-2-12)18-9-4-13-5-10-20-14(13)11-18/h1-2,4-7,10-11H,3,8-9H2,(H,17,19). The van der Waals surface area contributed by atoms with Gasteiger partial charge in [0.15, 0.2) is 0 Å². The molecule has 5 heteroatoms. The minimum Gasteiger partial charge on any atom is -0.337 e. The number of carbonyl (C=O) groups is 1. The molecule has 0 saturated carbocycles. The first-order valence-electron chi connectivity index (χ1n) is 6.52. The lowest BCUT2D eigenvalue weighted by molar-refractivity contribution is 0.223. The molecule has 20 heavy (non-hydrogen) atoms. The molecule has 3 heterocycles. The van der Waals surface area contributed by atoms with Crippen molar-refractivity contribution in [3.05, 3.63) is 51.3 Å². The zero-order valence-corrected chi connectivity index (χ0v) is 11.8. The molecule has 2 amide bonds. The molecular formula is C15H15N3OS. The number of pyridine rings is 1. The summed E-state index contributed by atoms with van der Waals surface area (Å²) in [4.78, 5) is 17.8. The fourth-order valence-corrected chi connectivity index (χ4v) is 2.94. The van der Waals surface area contributed by atoms with Crippen LogP contribution in [0.3, 0.4) is 0 Å². The second kappa shape index (κ2) is 5.88. The van der Waals surface area contributed by atoms with Gasteiger partial charge in [0, 0.05) is 31.7 Å². The Morgan fingerprint density at radius 2 is 2.20 bits per heavy atom. The molecule has 4 nitrogen and oxygen atoms in total. The molecule has 0 spiro atoms. The number of urea groups is 1. The predicted molar refractivity (Wildman–Crippen MR) is 80.5 cm³/mol. The van der Waals surface area contributed by atoms with Crippen LogP contribution in [0.15, 0.2) is 36.0 Å². The van der Waals surface area contributed by atoms with Crippen molar-refractivity contribution < 1.29 is 4.79 Å². The molecule has 102 valence electrons. The van der Waals surface area contributed by atoms with Crippen LogP contribution < -0.4 is 15.1 Å². The lowest BCUT2D eigenvalue weighted by atomic mass is 10.2. The van der Waals surface area contributed by atoms with Gasteiger partial charge in [-0.1, -0.05) is 6.08 Å². The summed E-state index contributed by atoms with van der Waals surface area (Å²) in [6.07, 6.45) is 8.35. The molecule has 0 saturated heterocycles. The van der Waals surface area contributed by atoms with E-state index in [4.69, 9.17) is 0 Å². The van der Waals surface area contributed by atoms with Crippen LogP contribution in [0.2, 0.25) is 0 Å². The molecular weight excluding hydrogens is 270 g/mol. The maximum Gasteiger partial charge on any atom is 0.321 e. The highest BCUT2D eigenvalue weighted by Gasteiger charge is 2.11. The van der Waals surface area contributed by atoms with Crippen LogP contribution in [0.1, 0.15) is 5.56 Å². The predicted octanol–water partition coefficient (Wildman–Crippen LogP) is 0.929. The van der Waals surface area contributed by atoms with Gasteiger partial charge < -0.3 is 5.32 Å². The monoisotopic (exact) mass is 285 g/mol. The maximum absolute atomic E-state index is 12.1. The molecule has 0 bridgehead atoms. The van der Waals surface area contributed by atoms with E-state index < -0.39 is 0 Å². The highest BCUT2D eigenvalue weighted by molar-refractivity contribution is 7.07. The summed E-state index contributed by atoms with van der Waals surface area (Å²) in [5, 5.41) is 6.21. The van der Waals surface area contributed by atoms with Crippen molar-refractivity contribution in [2.45, 2.75) is 6.42 Å². The summed E-state index contributed by atoms with van der Waals surface area (Å²) in [6, 6.07) is 5.96. The number of hydrogen-bond acceptors (Lipinski definition) is 3. The summed E-state index contributed by atoms with van der Waals surface area (Å²) in [5.74, 6) is 0. The molecule has 3 rings (SSSR count). The van der Waals surface area contributed by atoms with E-state index in [1.165, 1.54) is 10.8 Å². The molecule has 1 N–H and O–H groups in total. The van der Waals surface area contributed by atoms with Gasteiger partial charge >= 0.3 is 6.03 Å². The summed E-state index contributed by atoms with van der Waals surface area (Å²) in [7, 11) is 0. The van der Waals surface area contributed by atoms with E-state index in [-0.39, 0.29) is 6.03 Å². The third-order valence-corrected chi connectivity index (χ3v) is 4.08. The molecule has 0 unspecified atom stereocenters. The van der Waals surface area contributed by atoms with Gasteiger partial charge in [-0.05, 0) is 40.8 Å². The zero-order chi connectivity index (χ0) is 13.8. The van der Waals surface area contributed by atoms with Gasteiger partial charge in [-0.2, -0.15) is 0 Å². The Labute approximate surface area is 121 Å².